The van der Waals surface area contributed by atoms with E-state index in [0.717, 1.165) is 25.6 Å². The Bertz CT molecular complexity index is 242. The normalized spacial score (nSPS) is 28.6. The van der Waals surface area contributed by atoms with Crippen LogP contribution in [0.25, 0.3) is 0 Å². The molecule has 0 saturated heterocycles. The van der Waals surface area contributed by atoms with Gasteiger partial charge in [0.2, 0.25) is 0 Å². The molecule has 2 heteroatoms. The first-order chi connectivity index (χ1) is 8.93. The highest BCUT2D eigenvalue weighted by Crippen LogP contribution is 2.43. The van der Waals surface area contributed by atoms with Crippen LogP contribution >= 0.6 is 0 Å². The Labute approximate surface area is 120 Å². The molecule has 2 N–H and O–H groups in total. The maximum Gasteiger partial charge on any atom is 0.0483 e. The molecule has 1 rings (SSSR count). The second kappa shape index (κ2) is 7.64. The Morgan fingerprint density at radius 3 is 2.32 bits per heavy atom. The molecule has 0 aliphatic heterocycles. The zero-order chi connectivity index (χ0) is 14.4. The van der Waals surface area contributed by atoms with Crippen LogP contribution in [0.5, 0.6) is 0 Å². The van der Waals surface area contributed by atoms with Gasteiger partial charge in [-0.3, -0.25) is 0 Å². The summed E-state index contributed by atoms with van der Waals surface area (Å²) in [5.41, 5.74) is 7.07. The van der Waals surface area contributed by atoms with E-state index >= 15 is 0 Å². The maximum absolute atomic E-state index is 6.54. The van der Waals surface area contributed by atoms with Crippen molar-refractivity contribution < 1.29 is 4.74 Å². The monoisotopic (exact) mass is 269 g/mol. The summed E-state index contributed by atoms with van der Waals surface area (Å²) in [5, 5.41) is 0. The van der Waals surface area contributed by atoms with Gasteiger partial charge in [0.1, 0.15) is 0 Å². The highest BCUT2D eigenvalue weighted by molar-refractivity contribution is 4.93. The number of unbranched alkanes of at least 4 members (excludes halogenated alkanes) is 1. The van der Waals surface area contributed by atoms with Crippen LogP contribution in [0.4, 0.5) is 0 Å². The van der Waals surface area contributed by atoms with Crippen molar-refractivity contribution in [2.45, 2.75) is 84.6 Å². The van der Waals surface area contributed by atoms with Gasteiger partial charge in [0.15, 0.2) is 0 Å². The molecule has 1 aliphatic carbocycles. The predicted molar refractivity (Wildman–Crippen MR) is 83.3 cm³/mol. The lowest BCUT2D eigenvalue weighted by Gasteiger charge is -2.43. The van der Waals surface area contributed by atoms with Crippen molar-refractivity contribution in [1.29, 1.82) is 0 Å². The molecule has 1 saturated carbocycles. The molecule has 0 aromatic carbocycles. The summed E-state index contributed by atoms with van der Waals surface area (Å²) in [6.07, 6.45) is 9.65. The van der Waals surface area contributed by atoms with E-state index in [1.54, 1.807) is 0 Å². The van der Waals surface area contributed by atoms with Crippen molar-refractivity contribution in [3.8, 4) is 0 Å². The topological polar surface area (TPSA) is 35.2 Å². The molecule has 0 bridgehead atoms. The molecule has 114 valence electrons. The Hall–Kier alpha value is -0.0800. The highest BCUT2D eigenvalue weighted by atomic mass is 16.5. The molecule has 1 aliphatic rings. The van der Waals surface area contributed by atoms with Gasteiger partial charge in [-0.25, -0.2) is 0 Å². The van der Waals surface area contributed by atoms with E-state index in [1.807, 2.05) is 0 Å². The molecular weight excluding hydrogens is 234 g/mol. The summed E-state index contributed by atoms with van der Waals surface area (Å²) in [6, 6.07) is 0. The number of hydrogen-bond donors (Lipinski definition) is 1. The van der Waals surface area contributed by atoms with Crippen molar-refractivity contribution in [2.24, 2.45) is 17.1 Å². The van der Waals surface area contributed by atoms with Gasteiger partial charge >= 0.3 is 0 Å². The van der Waals surface area contributed by atoms with E-state index in [9.17, 15) is 0 Å². The average Bonchev–Trinajstić information content (AvgIpc) is 2.39. The van der Waals surface area contributed by atoms with Crippen LogP contribution in [0.15, 0.2) is 0 Å². The zero-order valence-corrected chi connectivity index (χ0v) is 13.6. The van der Waals surface area contributed by atoms with Crippen molar-refractivity contribution in [1.82, 2.24) is 0 Å². The van der Waals surface area contributed by atoms with Crippen LogP contribution in [0.1, 0.15) is 79.1 Å². The molecule has 0 radical (unpaired) electrons. The van der Waals surface area contributed by atoms with E-state index in [-0.39, 0.29) is 5.54 Å². The number of hydrogen-bond acceptors (Lipinski definition) is 2. The SMILES string of the molecule is CCCCOCCC1(N)CCC(C(C)(C)CC)CC1. The summed E-state index contributed by atoms with van der Waals surface area (Å²) in [6.45, 7) is 11.1. The summed E-state index contributed by atoms with van der Waals surface area (Å²) < 4.78 is 5.68. The first kappa shape index (κ1) is 17.0. The molecule has 2 nitrogen and oxygen atoms in total. The Balaban J connectivity index is 2.27. The molecule has 1 fully saturated rings. The number of nitrogens with two attached hydrogens (primary N) is 1. The fourth-order valence-corrected chi connectivity index (χ4v) is 3.14. The number of rotatable bonds is 8. The molecule has 0 amide bonds. The van der Waals surface area contributed by atoms with Gasteiger partial charge in [-0.15, -0.1) is 0 Å². The number of ether oxygens (including phenoxy) is 1. The smallest absolute Gasteiger partial charge is 0.0483 e. The molecule has 0 spiro atoms. The molecule has 0 unspecified atom stereocenters. The lowest BCUT2D eigenvalue weighted by atomic mass is 9.65. The molecule has 0 atom stereocenters. The first-order valence-electron chi connectivity index (χ1n) is 8.30. The van der Waals surface area contributed by atoms with Crippen molar-refractivity contribution in [3.05, 3.63) is 0 Å². The Morgan fingerprint density at radius 2 is 1.79 bits per heavy atom. The molecular formula is C17H35NO. The fourth-order valence-electron chi connectivity index (χ4n) is 3.14. The van der Waals surface area contributed by atoms with Crippen LogP contribution in [0.3, 0.4) is 0 Å². The summed E-state index contributed by atoms with van der Waals surface area (Å²) >= 11 is 0. The van der Waals surface area contributed by atoms with Gasteiger partial charge in [-0.2, -0.15) is 0 Å². The third kappa shape index (κ3) is 5.43. The van der Waals surface area contributed by atoms with E-state index in [1.165, 1.54) is 44.9 Å². The Kier molecular flexibility index (Phi) is 6.82. The lowest BCUT2D eigenvalue weighted by Crippen LogP contribution is -2.46. The van der Waals surface area contributed by atoms with Crippen LogP contribution in [0.2, 0.25) is 0 Å². The standard InChI is InChI=1S/C17H35NO/c1-5-7-13-19-14-12-17(18)10-8-15(9-11-17)16(3,4)6-2/h15H,5-14,18H2,1-4H3. The predicted octanol–water partition coefficient (Wildman–Crippen LogP) is 4.52. The lowest BCUT2D eigenvalue weighted by molar-refractivity contribution is 0.0758. The highest BCUT2D eigenvalue weighted by Gasteiger charge is 2.36. The summed E-state index contributed by atoms with van der Waals surface area (Å²) in [4.78, 5) is 0. The third-order valence-electron chi connectivity index (χ3n) is 5.38. The van der Waals surface area contributed by atoms with Gasteiger partial charge in [-0.1, -0.05) is 40.5 Å². The second-order valence-corrected chi connectivity index (χ2v) is 7.19. The van der Waals surface area contributed by atoms with E-state index in [4.69, 9.17) is 10.5 Å². The minimum absolute atomic E-state index is 0.0482. The first-order valence-corrected chi connectivity index (χ1v) is 8.30. The third-order valence-corrected chi connectivity index (χ3v) is 5.38. The molecule has 0 heterocycles. The van der Waals surface area contributed by atoms with Crippen LogP contribution in [-0.4, -0.2) is 18.8 Å². The fraction of sp³-hybridized carbons (Fsp3) is 1.00. The van der Waals surface area contributed by atoms with Crippen LogP contribution in [0, 0.1) is 11.3 Å². The van der Waals surface area contributed by atoms with Gasteiger partial charge < -0.3 is 10.5 Å². The van der Waals surface area contributed by atoms with Crippen LogP contribution < -0.4 is 5.73 Å². The van der Waals surface area contributed by atoms with Crippen molar-refractivity contribution in [2.75, 3.05) is 13.2 Å². The quantitative estimate of drug-likeness (QED) is 0.658. The molecule has 19 heavy (non-hydrogen) atoms. The van der Waals surface area contributed by atoms with Gasteiger partial charge in [0.25, 0.3) is 0 Å². The minimum Gasteiger partial charge on any atom is -0.381 e. The van der Waals surface area contributed by atoms with Crippen LogP contribution in [-0.2, 0) is 4.74 Å². The average molecular weight is 269 g/mol. The van der Waals surface area contributed by atoms with Crippen molar-refractivity contribution in [3.63, 3.8) is 0 Å². The van der Waals surface area contributed by atoms with Crippen molar-refractivity contribution >= 4 is 0 Å². The van der Waals surface area contributed by atoms with E-state index < -0.39 is 0 Å². The van der Waals surface area contributed by atoms with Gasteiger partial charge in [0, 0.05) is 18.8 Å². The van der Waals surface area contributed by atoms with Gasteiger partial charge in [0.05, 0.1) is 0 Å². The zero-order valence-electron chi connectivity index (χ0n) is 13.6. The Morgan fingerprint density at radius 1 is 1.16 bits per heavy atom. The second-order valence-electron chi connectivity index (χ2n) is 7.19. The van der Waals surface area contributed by atoms with E-state index in [2.05, 4.69) is 27.7 Å². The van der Waals surface area contributed by atoms with E-state index in [0.29, 0.717) is 5.41 Å². The van der Waals surface area contributed by atoms with Gasteiger partial charge in [-0.05, 0) is 49.9 Å². The largest absolute Gasteiger partial charge is 0.381 e. The summed E-state index contributed by atoms with van der Waals surface area (Å²) in [7, 11) is 0. The maximum atomic E-state index is 6.54. The molecule has 0 aromatic heterocycles. The summed E-state index contributed by atoms with van der Waals surface area (Å²) in [5.74, 6) is 0.857. The minimum atomic E-state index is 0.0482. The molecule has 0 aromatic rings.